The van der Waals surface area contributed by atoms with E-state index in [1.54, 1.807) is 0 Å². The minimum atomic E-state index is 0.106. The number of nitrogens with zero attached hydrogens (tertiary/aromatic N) is 1. The highest BCUT2D eigenvalue weighted by Gasteiger charge is 2.03. The average Bonchev–Trinajstić information content (AvgIpc) is 2.53. The van der Waals surface area contributed by atoms with Crippen molar-refractivity contribution in [3.63, 3.8) is 0 Å². The number of aliphatic hydroxyl groups is 1. The Balaban J connectivity index is 2.05. The predicted molar refractivity (Wildman–Crippen MR) is 94.5 cm³/mol. The molecule has 5 heteroatoms. The lowest BCUT2D eigenvalue weighted by Crippen LogP contribution is -2.10. The van der Waals surface area contributed by atoms with Gasteiger partial charge < -0.3 is 26.4 Å². The van der Waals surface area contributed by atoms with E-state index in [1.165, 1.54) is 0 Å². The molecule has 0 saturated carbocycles. The zero-order chi connectivity index (χ0) is 15.9. The monoisotopic (exact) mass is 300 g/mol. The zero-order valence-electron chi connectivity index (χ0n) is 13.1. The molecular formula is C17H24N4O. The molecule has 0 atom stereocenters. The fraction of sp³-hybridized carbons (Fsp3) is 0.294. The lowest BCUT2D eigenvalue weighted by atomic mass is 10.1. The topological polar surface area (TPSA) is 73.5 Å². The molecule has 0 aliphatic rings. The summed E-state index contributed by atoms with van der Waals surface area (Å²) >= 11 is 0. The smallest absolute Gasteiger partial charge is 0.0604 e. The Hall–Kier alpha value is -2.40. The van der Waals surface area contributed by atoms with Crippen molar-refractivity contribution in [2.24, 2.45) is 0 Å². The summed E-state index contributed by atoms with van der Waals surface area (Å²) in [7, 11) is 4.04. The molecule has 2 rings (SSSR count). The molecule has 0 amide bonds. The van der Waals surface area contributed by atoms with Gasteiger partial charge in [0.25, 0.3) is 0 Å². The standard InChI is InChI=1S/C17H24N4O/c1-21(2)16-5-3-4-14(11-16)20-12-13-10-15(19-8-9-22)6-7-17(13)18/h3-7,10-11,19-20,22H,8-9,12,18H2,1-2H3. The first-order valence-corrected chi connectivity index (χ1v) is 7.34. The van der Waals surface area contributed by atoms with Gasteiger partial charge in [-0.3, -0.25) is 0 Å². The third-order valence-corrected chi connectivity index (χ3v) is 3.43. The van der Waals surface area contributed by atoms with E-state index in [-0.39, 0.29) is 6.61 Å². The average molecular weight is 300 g/mol. The van der Waals surface area contributed by atoms with Crippen LogP contribution in [-0.4, -0.2) is 32.4 Å². The van der Waals surface area contributed by atoms with E-state index < -0.39 is 0 Å². The first-order chi connectivity index (χ1) is 10.6. The Bertz CT molecular complexity index is 613. The van der Waals surface area contributed by atoms with Crippen molar-refractivity contribution in [3.8, 4) is 0 Å². The minimum Gasteiger partial charge on any atom is -0.398 e. The van der Waals surface area contributed by atoms with Gasteiger partial charge in [0.2, 0.25) is 0 Å². The quantitative estimate of drug-likeness (QED) is 0.591. The number of benzene rings is 2. The van der Waals surface area contributed by atoms with Crippen molar-refractivity contribution >= 4 is 22.7 Å². The third kappa shape index (κ3) is 4.30. The number of nitrogens with two attached hydrogens (primary N) is 1. The van der Waals surface area contributed by atoms with Gasteiger partial charge in [0.05, 0.1) is 6.61 Å². The maximum absolute atomic E-state index is 8.87. The van der Waals surface area contributed by atoms with Crippen molar-refractivity contribution in [3.05, 3.63) is 48.0 Å². The van der Waals surface area contributed by atoms with Gasteiger partial charge in [-0.25, -0.2) is 0 Å². The van der Waals surface area contributed by atoms with Crippen molar-refractivity contribution in [1.29, 1.82) is 0 Å². The summed E-state index contributed by atoms with van der Waals surface area (Å²) in [6.45, 7) is 1.29. The molecule has 0 saturated heterocycles. The molecule has 0 bridgehead atoms. The Morgan fingerprint density at radius 1 is 1.05 bits per heavy atom. The molecule has 2 aromatic rings. The summed E-state index contributed by atoms with van der Waals surface area (Å²) in [4.78, 5) is 2.07. The molecule has 0 aliphatic carbocycles. The lowest BCUT2D eigenvalue weighted by Gasteiger charge is -2.15. The zero-order valence-corrected chi connectivity index (χ0v) is 13.1. The van der Waals surface area contributed by atoms with Gasteiger partial charge in [-0.15, -0.1) is 0 Å². The van der Waals surface area contributed by atoms with Crippen LogP contribution in [0.1, 0.15) is 5.56 Å². The van der Waals surface area contributed by atoms with Gasteiger partial charge in [0.15, 0.2) is 0 Å². The molecule has 5 nitrogen and oxygen atoms in total. The maximum Gasteiger partial charge on any atom is 0.0604 e. The van der Waals surface area contributed by atoms with Crippen LogP contribution in [0.3, 0.4) is 0 Å². The summed E-state index contributed by atoms with van der Waals surface area (Å²) in [5.74, 6) is 0. The van der Waals surface area contributed by atoms with Crippen LogP contribution in [0.15, 0.2) is 42.5 Å². The van der Waals surface area contributed by atoms with Crippen molar-refractivity contribution < 1.29 is 5.11 Å². The molecule has 22 heavy (non-hydrogen) atoms. The second-order valence-corrected chi connectivity index (χ2v) is 5.36. The van der Waals surface area contributed by atoms with Crippen molar-refractivity contribution in [1.82, 2.24) is 0 Å². The van der Waals surface area contributed by atoms with E-state index in [1.807, 2.05) is 44.4 Å². The van der Waals surface area contributed by atoms with Gasteiger partial charge in [-0.05, 0) is 42.0 Å². The van der Waals surface area contributed by atoms with Crippen LogP contribution in [0.4, 0.5) is 22.7 Å². The van der Waals surface area contributed by atoms with Gasteiger partial charge in [-0.2, -0.15) is 0 Å². The number of nitrogen functional groups attached to an aromatic ring is 1. The molecule has 0 unspecified atom stereocenters. The Labute approximate surface area is 131 Å². The molecule has 0 spiro atoms. The second-order valence-electron chi connectivity index (χ2n) is 5.36. The molecule has 0 radical (unpaired) electrons. The Kier molecular flexibility index (Phi) is 5.49. The molecule has 0 heterocycles. The van der Waals surface area contributed by atoms with Crippen LogP contribution in [0.5, 0.6) is 0 Å². The molecule has 0 fully saturated rings. The largest absolute Gasteiger partial charge is 0.398 e. The van der Waals surface area contributed by atoms with Crippen LogP contribution < -0.4 is 21.3 Å². The van der Waals surface area contributed by atoms with E-state index in [0.29, 0.717) is 13.1 Å². The number of aliphatic hydroxyl groups excluding tert-OH is 1. The van der Waals surface area contributed by atoms with E-state index in [9.17, 15) is 0 Å². The molecule has 0 aliphatic heterocycles. The van der Waals surface area contributed by atoms with Crippen LogP contribution >= 0.6 is 0 Å². The predicted octanol–water partition coefficient (Wildman–Crippen LogP) is 2.35. The normalized spacial score (nSPS) is 10.3. The first kappa shape index (κ1) is 16.0. The summed E-state index contributed by atoms with van der Waals surface area (Å²) < 4.78 is 0. The van der Waals surface area contributed by atoms with E-state index >= 15 is 0 Å². The highest BCUT2D eigenvalue weighted by Crippen LogP contribution is 2.21. The highest BCUT2D eigenvalue weighted by atomic mass is 16.3. The Morgan fingerprint density at radius 2 is 1.82 bits per heavy atom. The molecule has 0 aromatic heterocycles. The number of hydrogen-bond acceptors (Lipinski definition) is 5. The van der Waals surface area contributed by atoms with Crippen LogP contribution in [-0.2, 0) is 6.54 Å². The number of rotatable bonds is 7. The second kappa shape index (κ2) is 7.56. The lowest BCUT2D eigenvalue weighted by molar-refractivity contribution is 0.311. The van der Waals surface area contributed by atoms with Crippen LogP contribution in [0, 0.1) is 0 Å². The first-order valence-electron chi connectivity index (χ1n) is 7.34. The van der Waals surface area contributed by atoms with Crippen molar-refractivity contribution in [2.75, 3.05) is 48.5 Å². The highest BCUT2D eigenvalue weighted by molar-refractivity contribution is 5.60. The SMILES string of the molecule is CN(C)c1cccc(NCc2cc(NCCO)ccc2N)c1. The fourth-order valence-electron chi connectivity index (χ4n) is 2.16. The number of hydrogen-bond donors (Lipinski definition) is 4. The van der Waals surface area contributed by atoms with Crippen LogP contribution in [0.2, 0.25) is 0 Å². The van der Waals surface area contributed by atoms with Gasteiger partial charge in [0, 0.05) is 49.9 Å². The van der Waals surface area contributed by atoms with Gasteiger partial charge >= 0.3 is 0 Å². The summed E-state index contributed by atoms with van der Waals surface area (Å²) in [5.41, 5.74) is 11.0. The summed E-state index contributed by atoms with van der Waals surface area (Å²) in [6.07, 6.45) is 0. The van der Waals surface area contributed by atoms with Crippen LogP contribution in [0.25, 0.3) is 0 Å². The van der Waals surface area contributed by atoms with E-state index in [2.05, 4.69) is 27.7 Å². The number of nitrogens with one attached hydrogen (secondary N) is 2. The third-order valence-electron chi connectivity index (χ3n) is 3.43. The molecular weight excluding hydrogens is 276 g/mol. The molecule has 5 N–H and O–H groups in total. The summed E-state index contributed by atoms with van der Waals surface area (Å²) in [6, 6.07) is 14.0. The maximum atomic E-state index is 8.87. The molecule has 2 aromatic carbocycles. The molecule has 118 valence electrons. The van der Waals surface area contributed by atoms with Gasteiger partial charge in [0.1, 0.15) is 0 Å². The Morgan fingerprint density at radius 3 is 2.55 bits per heavy atom. The fourth-order valence-corrected chi connectivity index (χ4v) is 2.16. The summed E-state index contributed by atoms with van der Waals surface area (Å²) in [5, 5.41) is 15.4. The van der Waals surface area contributed by atoms with Gasteiger partial charge in [-0.1, -0.05) is 6.07 Å². The van der Waals surface area contributed by atoms with E-state index in [0.717, 1.165) is 28.3 Å². The van der Waals surface area contributed by atoms with E-state index in [4.69, 9.17) is 10.8 Å². The number of anilines is 4. The van der Waals surface area contributed by atoms with Crippen molar-refractivity contribution in [2.45, 2.75) is 6.54 Å². The minimum absolute atomic E-state index is 0.106.